The van der Waals surface area contributed by atoms with Gasteiger partial charge in [0.1, 0.15) is 0 Å². The van der Waals surface area contributed by atoms with Crippen molar-refractivity contribution in [3.8, 4) is 0 Å². The Kier molecular flexibility index (Phi) is 4.00. The largest absolute Gasteiger partial charge is 0.416 e. The fourth-order valence-electron chi connectivity index (χ4n) is 1.94. The Morgan fingerprint density at radius 1 is 1.28 bits per heavy atom. The van der Waals surface area contributed by atoms with Crippen LogP contribution in [0.3, 0.4) is 0 Å². The van der Waals surface area contributed by atoms with Crippen molar-refractivity contribution in [2.45, 2.75) is 31.5 Å². The summed E-state index contributed by atoms with van der Waals surface area (Å²) < 4.78 is 38.5. The zero-order chi connectivity index (χ0) is 13.2. The highest BCUT2D eigenvalue weighted by Gasteiger charge is 2.31. The average molecular weight is 320 g/mol. The van der Waals surface area contributed by atoms with E-state index in [1.165, 1.54) is 6.07 Å². The molecular weight excluding hydrogens is 307 g/mol. The SMILES string of the molecule is FC(F)(F)c1ccc(Br)c(NC2C=CCCC2)c1. The predicted octanol–water partition coefficient (Wildman–Crippen LogP) is 4.99. The van der Waals surface area contributed by atoms with Gasteiger partial charge in [0.15, 0.2) is 0 Å². The van der Waals surface area contributed by atoms with E-state index in [2.05, 4.69) is 27.3 Å². The monoisotopic (exact) mass is 319 g/mol. The lowest BCUT2D eigenvalue weighted by molar-refractivity contribution is -0.137. The van der Waals surface area contributed by atoms with Crippen LogP contribution in [0.2, 0.25) is 0 Å². The first-order valence-corrected chi connectivity index (χ1v) is 6.56. The van der Waals surface area contributed by atoms with Crippen molar-refractivity contribution in [2.75, 3.05) is 5.32 Å². The fraction of sp³-hybridized carbons (Fsp3) is 0.385. The number of nitrogens with one attached hydrogen (secondary N) is 1. The number of anilines is 1. The maximum atomic E-state index is 12.6. The summed E-state index contributed by atoms with van der Waals surface area (Å²) in [4.78, 5) is 0. The van der Waals surface area contributed by atoms with E-state index >= 15 is 0 Å². The van der Waals surface area contributed by atoms with E-state index in [4.69, 9.17) is 0 Å². The van der Waals surface area contributed by atoms with Gasteiger partial charge in [0.2, 0.25) is 0 Å². The molecule has 0 heterocycles. The molecule has 1 nitrogen and oxygen atoms in total. The highest BCUT2D eigenvalue weighted by molar-refractivity contribution is 9.10. The third-order valence-electron chi connectivity index (χ3n) is 2.89. The molecule has 0 fully saturated rings. The molecule has 1 aliphatic rings. The van der Waals surface area contributed by atoms with Crippen LogP contribution >= 0.6 is 15.9 Å². The van der Waals surface area contributed by atoms with E-state index in [-0.39, 0.29) is 6.04 Å². The Bertz CT molecular complexity index is 454. The summed E-state index contributed by atoms with van der Waals surface area (Å²) in [6.45, 7) is 0. The maximum Gasteiger partial charge on any atom is 0.416 e. The van der Waals surface area contributed by atoms with Crippen molar-refractivity contribution in [3.05, 3.63) is 40.4 Å². The second-order valence-electron chi connectivity index (χ2n) is 4.30. The highest BCUT2D eigenvalue weighted by atomic mass is 79.9. The Labute approximate surface area is 112 Å². The smallest absolute Gasteiger partial charge is 0.378 e. The topological polar surface area (TPSA) is 12.0 Å². The number of allylic oxidation sites excluding steroid dienone is 1. The molecule has 1 unspecified atom stereocenters. The van der Waals surface area contributed by atoms with Crippen LogP contribution in [-0.2, 0) is 6.18 Å². The second kappa shape index (κ2) is 5.34. The first-order chi connectivity index (χ1) is 8.47. The quantitative estimate of drug-likeness (QED) is 0.757. The molecule has 0 bridgehead atoms. The van der Waals surface area contributed by atoms with Crippen molar-refractivity contribution in [1.82, 2.24) is 0 Å². The van der Waals surface area contributed by atoms with Crippen LogP contribution in [-0.4, -0.2) is 6.04 Å². The minimum absolute atomic E-state index is 0.110. The molecule has 0 saturated heterocycles. The summed E-state index contributed by atoms with van der Waals surface area (Å²) in [5.41, 5.74) is -0.144. The maximum absolute atomic E-state index is 12.6. The highest BCUT2D eigenvalue weighted by Crippen LogP contribution is 2.34. The fourth-order valence-corrected chi connectivity index (χ4v) is 2.31. The second-order valence-corrected chi connectivity index (χ2v) is 5.16. The van der Waals surface area contributed by atoms with Gasteiger partial charge in [-0.1, -0.05) is 12.2 Å². The molecule has 1 aromatic carbocycles. The Morgan fingerprint density at radius 3 is 2.67 bits per heavy atom. The van der Waals surface area contributed by atoms with Crippen LogP contribution in [0.25, 0.3) is 0 Å². The van der Waals surface area contributed by atoms with Gasteiger partial charge in [0.05, 0.1) is 5.56 Å². The summed E-state index contributed by atoms with van der Waals surface area (Å²) >= 11 is 3.27. The lowest BCUT2D eigenvalue weighted by atomic mass is 10.0. The van der Waals surface area contributed by atoms with Gasteiger partial charge in [-0.25, -0.2) is 0 Å². The van der Waals surface area contributed by atoms with E-state index in [1.807, 2.05) is 6.08 Å². The molecule has 0 aliphatic heterocycles. The molecule has 0 aromatic heterocycles. The molecule has 1 atom stereocenters. The van der Waals surface area contributed by atoms with Gasteiger partial charge in [-0.15, -0.1) is 0 Å². The van der Waals surface area contributed by atoms with Crippen LogP contribution in [0.5, 0.6) is 0 Å². The molecule has 5 heteroatoms. The standard InChI is InChI=1S/C13H13BrF3N/c14-11-7-6-9(13(15,16)17)8-12(11)18-10-4-2-1-3-5-10/h2,4,6-8,10,18H,1,3,5H2. The van der Waals surface area contributed by atoms with Crippen molar-refractivity contribution >= 4 is 21.6 Å². The van der Waals surface area contributed by atoms with Crippen LogP contribution in [0.15, 0.2) is 34.8 Å². The predicted molar refractivity (Wildman–Crippen MR) is 69.5 cm³/mol. The summed E-state index contributed by atoms with van der Waals surface area (Å²) in [6.07, 6.45) is 2.81. The third kappa shape index (κ3) is 3.28. The number of halogens is 4. The van der Waals surface area contributed by atoms with E-state index in [0.717, 1.165) is 31.4 Å². The van der Waals surface area contributed by atoms with Crippen LogP contribution in [0, 0.1) is 0 Å². The number of rotatable bonds is 2. The van der Waals surface area contributed by atoms with Gasteiger partial charge in [-0.05, 0) is 53.4 Å². The number of hydrogen-bond acceptors (Lipinski definition) is 1. The molecule has 2 rings (SSSR count). The molecule has 0 amide bonds. The normalized spacial score (nSPS) is 19.9. The lowest BCUT2D eigenvalue weighted by Gasteiger charge is -2.21. The molecule has 0 saturated carbocycles. The first kappa shape index (κ1) is 13.5. The van der Waals surface area contributed by atoms with Gasteiger partial charge in [-0.3, -0.25) is 0 Å². The summed E-state index contributed by atoms with van der Waals surface area (Å²) in [5.74, 6) is 0. The van der Waals surface area contributed by atoms with Gasteiger partial charge in [0, 0.05) is 16.2 Å². The van der Waals surface area contributed by atoms with Crippen LogP contribution in [0.1, 0.15) is 24.8 Å². The van der Waals surface area contributed by atoms with E-state index in [0.29, 0.717) is 10.2 Å². The molecular formula is C13H13BrF3N. The van der Waals surface area contributed by atoms with E-state index in [1.54, 1.807) is 0 Å². The summed E-state index contributed by atoms with van der Waals surface area (Å²) in [7, 11) is 0. The summed E-state index contributed by atoms with van der Waals surface area (Å²) in [6, 6.07) is 3.76. The molecule has 1 aliphatic carbocycles. The van der Waals surface area contributed by atoms with Crippen molar-refractivity contribution in [2.24, 2.45) is 0 Å². The number of benzene rings is 1. The average Bonchev–Trinajstić information content (AvgIpc) is 2.32. The van der Waals surface area contributed by atoms with Gasteiger partial charge < -0.3 is 5.32 Å². The minimum Gasteiger partial charge on any atom is -0.378 e. The van der Waals surface area contributed by atoms with E-state index in [9.17, 15) is 13.2 Å². The van der Waals surface area contributed by atoms with Crippen molar-refractivity contribution < 1.29 is 13.2 Å². The zero-order valence-corrected chi connectivity index (χ0v) is 11.2. The van der Waals surface area contributed by atoms with Crippen LogP contribution in [0.4, 0.5) is 18.9 Å². The Morgan fingerprint density at radius 2 is 2.06 bits per heavy atom. The van der Waals surface area contributed by atoms with Crippen LogP contribution < -0.4 is 5.32 Å². The first-order valence-electron chi connectivity index (χ1n) is 5.77. The number of alkyl halides is 3. The minimum atomic E-state index is -4.31. The molecule has 18 heavy (non-hydrogen) atoms. The van der Waals surface area contributed by atoms with Crippen molar-refractivity contribution in [1.29, 1.82) is 0 Å². The van der Waals surface area contributed by atoms with Gasteiger partial charge in [0.25, 0.3) is 0 Å². The molecule has 1 aromatic rings. The lowest BCUT2D eigenvalue weighted by Crippen LogP contribution is -2.19. The Hall–Kier alpha value is -0.970. The van der Waals surface area contributed by atoms with Gasteiger partial charge in [-0.2, -0.15) is 13.2 Å². The van der Waals surface area contributed by atoms with Crippen molar-refractivity contribution in [3.63, 3.8) is 0 Å². The Balaban J connectivity index is 2.21. The van der Waals surface area contributed by atoms with E-state index < -0.39 is 11.7 Å². The molecule has 0 spiro atoms. The van der Waals surface area contributed by atoms with Gasteiger partial charge >= 0.3 is 6.18 Å². The molecule has 0 radical (unpaired) electrons. The molecule has 98 valence electrons. The molecule has 1 N–H and O–H groups in total. The number of hydrogen-bond donors (Lipinski definition) is 1. The summed E-state index contributed by atoms with van der Waals surface area (Å²) in [5, 5.41) is 3.13. The third-order valence-corrected chi connectivity index (χ3v) is 3.58. The zero-order valence-electron chi connectivity index (χ0n) is 9.60.